The van der Waals surface area contributed by atoms with Gasteiger partial charge in [0.05, 0.1) is 6.61 Å². The van der Waals surface area contributed by atoms with Crippen LogP contribution in [0.1, 0.15) is 18.1 Å². The number of esters is 1. The predicted molar refractivity (Wildman–Crippen MR) is 91.4 cm³/mol. The van der Waals surface area contributed by atoms with Gasteiger partial charge in [-0.3, -0.25) is 0 Å². The van der Waals surface area contributed by atoms with Crippen LogP contribution < -0.4 is 0 Å². The minimum absolute atomic E-state index is 0.149. The molecule has 0 aliphatic carbocycles. The average Bonchev–Trinajstić information content (AvgIpc) is 2.63. The van der Waals surface area contributed by atoms with Gasteiger partial charge in [0.2, 0.25) is 5.76 Å². The molecule has 0 spiro atoms. The maximum Gasteiger partial charge on any atom is 0.375 e. The highest BCUT2D eigenvalue weighted by atomic mass is 16.6. The molecule has 2 aromatic carbocycles. The van der Waals surface area contributed by atoms with Crippen molar-refractivity contribution < 1.29 is 14.3 Å². The first kappa shape index (κ1) is 17.0. The van der Waals surface area contributed by atoms with Crippen LogP contribution in [0.3, 0.4) is 0 Å². The standard InChI is InChI=1S/C20H17NO3/c1-2-23-20(22)19(24-15-21)14-13-18(16-9-5-3-6-10-16)17-11-7-4-8-12-17/h3-14H,2H2,1H3/b19-14-. The first-order valence-electron chi connectivity index (χ1n) is 7.52. The number of rotatable bonds is 6. The van der Waals surface area contributed by atoms with Crippen LogP contribution in [-0.2, 0) is 14.3 Å². The molecule has 0 heterocycles. The van der Waals surface area contributed by atoms with Crippen molar-refractivity contribution in [3.05, 3.63) is 89.7 Å². The molecule has 120 valence electrons. The third-order valence-electron chi connectivity index (χ3n) is 3.20. The monoisotopic (exact) mass is 319 g/mol. The van der Waals surface area contributed by atoms with E-state index in [1.165, 1.54) is 12.3 Å². The molecule has 0 saturated carbocycles. The summed E-state index contributed by atoms with van der Waals surface area (Å²) in [7, 11) is 0. The van der Waals surface area contributed by atoms with Gasteiger partial charge in [0.15, 0.2) is 0 Å². The van der Waals surface area contributed by atoms with E-state index in [4.69, 9.17) is 14.7 Å². The molecule has 0 saturated heterocycles. The Bertz CT molecular complexity index is 730. The van der Waals surface area contributed by atoms with Crippen molar-refractivity contribution in [2.75, 3.05) is 6.61 Å². The zero-order chi connectivity index (χ0) is 17.2. The van der Waals surface area contributed by atoms with Crippen molar-refractivity contribution in [1.82, 2.24) is 0 Å². The highest BCUT2D eigenvalue weighted by molar-refractivity contribution is 5.88. The quantitative estimate of drug-likeness (QED) is 0.265. The molecule has 0 atom stereocenters. The van der Waals surface area contributed by atoms with Gasteiger partial charge in [-0.2, -0.15) is 0 Å². The Kier molecular flexibility index (Phi) is 6.36. The smallest absolute Gasteiger partial charge is 0.375 e. The third-order valence-corrected chi connectivity index (χ3v) is 3.20. The van der Waals surface area contributed by atoms with E-state index < -0.39 is 5.97 Å². The molecule has 0 fully saturated rings. The number of benzene rings is 2. The van der Waals surface area contributed by atoms with Gasteiger partial charge in [-0.25, -0.2) is 4.79 Å². The summed E-state index contributed by atoms with van der Waals surface area (Å²) in [6.07, 6.45) is 4.71. The van der Waals surface area contributed by atoms with Crippen molar-refractivity contribution >= 4 is 11.5 Å². The van der Waals surface area contributed by atoms with Gasteiger partial charge in [0, 0.05) is 0 Å². The van der Waals surface area contributed by atoms with Crippen LogP contribution in [0.25, 0.3) is 5.57 Å². The first-order valence-corrected chi connectivity index (χ1v) is 7.52. The van der Waals surface area contributed by atoms with E-state index in [2.05, 4.69) is 0 Å². The number of carbonyl (C=O) groups is 1. The van der Waals surface area contributed by atoms with Crippen molar-refractivity contribution in [1.29, 1.82) is 5.26 Å². The molecule has 4 nitrogen and oxygen atoms in total. The van der Waals surface area contributed by atoms with Gasteiger partial charge in [0.1, 0.15) is 0 Å². The summed E-state index contributed by atoms with van der Waals surface area (Å²) < 4.78 is 9.61. The van der Waals surface area contributed by atoms with E-state index in [1.54, 1.807) is 13.0 Å². The lowest BCUT2D eigenvalue weighted by atomic mass is 9.97. The predicted octanol–water partition coefficient (Wildman–Crippen LogP) is 4.06. The molecule has 2 aromatic rings. The Hall–Kier alpha value is -3.32. The third kappa shape index (κ3) is 4.59. The fourth-order valence-corrected chi connectivity index (χ4v) is 2.15. The number of allylic oxidation sites excluding steroid dienone is 2. The average molecular weight is 319 g/mol. The molecule has 0 aliphatic rings. The molecule has 0 amide bonds. The van der Waals surface area contributed by atoms with Crippen LogP contribution in [0.2, 0.25) is 0 Å². The summed E-state index contributed by atoms with van der Waals surface area (Å²) in [5.74, 6) is -0.820. The second-order valence-corrected chi connectivity index (χ2v) is 4.76. The topological polar surface area (TPSA) is 59.3 Å². The first-order chi connectivity index (χ1) is 11.8. The van der Waals surface area contributed by atoms with Crippen molar-refractivity contribution in [3.8, 4) is 6.26 Å². The van der Waals surface area contributed by atoms with Crippen LogP contribution in [-0.4, -0.2) is 12.6 Å². The number of ether oxygens (including phenoxy) is 2. The summed E-state index contributed by atoms with van der Waals surface area (Å²) >= 11 is 0. The summed E-state index contributed by atoms with van der Waals surface area (Å²) in [6.45, 7) is 1.90. The highest BCUT2D eigenvalue weighted by Crippen LogP contribution is 2.23. The number of hydrogen-bond acceptors (Lipinski definition) is 4. The molecule has 0 bridgehead atoms. The summed E-state index contributed by atoms with van der Waals surface area (Å²) in [5.41, 5.74) is 2.87. The molecule has 2 rings (SSSR count). The Labute approximate surface area is 141 Å². The maximum absolute atomic E-state index is 11.8. The molecule has 0 unspecified atom stereocenters. The van der Waals surface area contributed by atoms with Crippen LogP contribution >= 0.6 is 0 Å². The molecular formula is C20H17NO3. The Morgan fingerprint density at radius 2 is 1.54 bits per heavy atom. The summed E-state index contributed by atoms with van der Waals surface area (Å²) in [6, 6.07) is 19.5. The molecule has 0 aromatic heterocycles. The zero-order valence-corrected chi connectivity index (χ0v) is 13.3. The van der Waals surface area contributed by atoms with Gasteiger partial charge in [0.25, 0.3) is 6.26 Å². The van der Waals surface area contributed by atoms with Crippen molar-refractivity contribution in [2.45, 2.75) is 6.92 Å². The fourth-order valence-electron chi connectivity index (χ4n) is 2.15. The largest absolute Gasteiger partial charge is 0.460 e. The normalized spacial score (nSPS) is 10.4. The lowest BCUT2D eigenvalue weighted by Gasteiger charge is -2.08. The van der Waals surface area contributed by atoms with Crippen LogP contribution in [0.15, 0.2) is 78.6 Å². The van der Waals surface area contributed by atoms with Gasteiger partial charge >= 0.3 is 5.97 Å². The maximum atomic E-state index is 11.8. The van der Waals surface area contributed by atoms with Crippen molar-refractivity contribution in [2.24, 2.45) is 0 Å². The Balaban J connectivity index is 2.46. The number of nitriles is 1. The lowest BCUT2D eigenvalue weighted by Crippen LogP contribution is -2.08. The number of hydrogen-bond donors (Lipinski definition) is 0. The van der Waals surface area contributed by atoms with E-state index in [0.717, 1.165) is 16.7 Å². The Morgan fingerprint density at radius 3 is 2.00 bits per heavy atom. The molecule has 24 heavy (non-hydrogen) atoms. The van der Waals surface area contributed by atoms with Gasteiger partial charge < -0.3 is 9.47 Å². The molecule has 0 N–H and O–H groups in total. The molecular weight excluding hydrogens is 302 g/mol. The lowest BCUT2D eigenvalue weighted by molar-refractivity contribution is -0.141. The molecule has 0 radical (unpaired) electrons. The van der Waals surface area contributed by atoms with E-state index in [-0.39, 0.29) is 12.4 Å². The summed E-state index contributed by atoms with van der Waals surface area (Å²) in [5, 5.41) is 8.71. The number of nitrogens with zero attached hydrogens (tertiary/aromatic N) is 1. The Morgan fingerprint density at radius 1 is 1.00 bits per heavy atom. The SMILES string of the molecule is CCOC(=O)/C(=C/C=C(c1ccccc1)c1ccccc1)OC#N. The highest BCUT2D eigenvalue weighted by Gasteiger charge is 2.12. The minimum atomic E-state index is -0.671. The van der Waals surface area contributed by atoms with Gasteiger partial charge in [-0.05, 0) is 35.8 Å². The molecule has 0 aliphatic heterocycles. The fraction of sp³-hybridized carbons (Fsp3) is 0.100. The second kappa shape index (κ2) is 8.96. The second-order valence-electron chi connectivity index (χ2n) is 4.76. The van der Waals surface area contributed by atoms with Crippen molar-refractivity contribution in [3.63, 3.8) is 0 Å². The van der Waals surface area contributed by atoms with Gasteiger partial charge in [-0.1, -0.05) is 60.7 Å². The van der Waals surface area contributed by atoms with Crippen LogP contribution in [0, 0.1) is 11.5 Å². The zero-order valence-electron chi connectivity index (χ0n) is 13.3. The minimum Gasteiger partial charge on any atom is -0.460 e. The van der Waals surface area contributed by atoms with E-state index in [1.807, 2.05) is 60.7 Å². The number of carbonyl (C=O) groups excluding carboxylic acids is 1. The molecule has 4 heteroatoms. The van der Waals surface area contributed by atoms with E-state index >= 15 is 0 Å². The van der Waals surface area contributed by atoms with Gasteiger partial charge in [-0.15, -0.1) is 5.26 Å². The van der Waals surface area contributed by atoms with E-state index in [0.29, 0.717) is 0 Å². The van der Waals surface area contributed by atoms with Crippen LogP contribution in [0.5, 0.6) is 0 Å². The van der Waals surface area contributed by atoms with Crippen LogP contribution in [0.4, 0.5) is 0 Å². The summed E-state index contributed by atoms with van der Waals surface area (Å²) in [4.78, 5) is 11.8. The van der Waals surface area contributed by atoms with E-state index in [9.17, 15) is 4.79 Å².